The van der Waals surface area contributed by atoms with E-state index in [0.29, 0.717) is 17.1 Å². The number of pyridine rings is 1. The highest BCUT2D eigenvalue weighted by Crippen LogP contribution is 2.26. The molecule has 1 unspecified atom stereocenters. The molecule has 5 heteroatoms. The minimum Gasteiger partial charge on any atom is -0.386 e. The Morgan fingerprint density at radius 2 is 2.06 bits per heavy atom. The highest BCUT2D eigenvalue weighted by atomic mass is 35.5. The van der Waals surface area contributed by atoms with E-state index in [1.54, 1.807) is 12.1 Å². The standard InChI is InChI=1S/C11H9Cl2NOS/c12-7-1-3-9(14-6-7)10(15)5-8-2-4-11(13)16-8/h1-4,6,10,15H,5H2. The zero-order valence-corrected chi connectivity index (χ0v) is 10.6. The monoisotopic (exact) mass is 273 g/mol. The number of hydrogen-bond acceptors (Lipinski definition) is 3. The van der Waals surface area contributed by atoms with Gasteiger partial charge in [-0.25, -0.2) is 0 Å². The molecule has 16 heavy (non-hydrogen) atoms. The van der Waals surface area contributed by atoms with Crippen molar-refractivity contribution in [2.24, 2.45) is 0 Å². The third-order valence-corrected chi connectivity index (χ3v) is 3.59. The normalized spacial score (nSPS) is 12.7. The van der Waals surface area contributed by atoms with Crippen molar-refractivity contribution in [3.05, 3.63) is 50.4 Å². The van der Waals surface area contributed by atoms with Crippen LogP contribution >= 0.6 is 34.5 Å². The maximum atomic E-state index is 9.93. The molecule has 0 aliphatic rings. The van der Waals surface area contributed by atoms with E-state index in [1.807, 2.05) is 12.1 Å². The first-order valence-electron chi connectivity index (χ1n) is 4.69. The third-order valence-electron chi connectivity index (χ3n) is 2.12. The molecule has 2 rings (SSSR count). The van der Waals surface area contributed by atoms with E-state index >= 15 is 0 Å². The first-order valence-corrected chi connectivity index (χ1v) is 6.26. The molecular weight excluding hydrogens is 265 g/mol. The van der Waals surface area contributed by atoms with Crippen LogP contribution in [0, 0.1) is 0 Å². The van der Waals surface area contributed by atoms with Crippen LogP contribution in [0.1, 0.15) is 16.7 Å². The molecule has 0 aromatic carbocycles. The lowest BCUT2D eigenvalue weighted by molar-refractivity contribution is 0.174. The SMILES string of the molecule is OC(Cc1ccc(Cl)s1)c1ccc(Cl)cn1. The molecule has 1 N–H and O–H groups in total. The van der Waals surface area contributed by atoms with Gasteiger partial charge in [0.2, 0.25) is 0 Å². The molecule has 84 valence electrons. The maximum Gasteiger partial charge on any atom is 0.101 e. The van der Waals surface area contributed by atoms with Crippen LogP contribution in [0.4, 0.5) is 0 Å². The van der Waals surface area contributed by atoms with E-state index < -0.39 is 6.10 Å². The summed E-state index contributed by atoms with van der Waals surface area (Å²) >= 11 is 13.0. The number of hydrogen-bond donors (Lipinski definition) is 1. The van der Waals surface area contributed by atoms with Crippen LogP contribution < -0.4 is 0 Å². The smallest absolute Gasteiger partial charge is 0.101 e. The Bertz CT molecular complexity index is 469. The van der Waals surface area contributed by atoms with Crippen molar-refractivity contribution in [2.75, 3.05) is 0 Å². The van der Waals surface area contributed by atoms with Gasteiger partial charge in [-0.2, -0.15) is 0 Å². The van der Waals surface area contributed by atoms with Crippen molar-refractivity contribution < 1.29 is 5.11 Å². The second-order valence-corrected chi connectivity index (χ2v) is 5.56. The van der Waals surface area contributed by atoms with E-state index in [0.717, 1.165) is 9.21 Å². The van der Waals surface area contributed by atoms with Crippen LogP contribution in [0.25, 0.3) is 0 Å². The quantitative estimate of drug-likeness (QED) is 0.925. The lowest BCUT2D eigenvalue weighted by Crippen LogP contribution is -2.02. The number of aliphatic hydroxyl groups is 1. The van der Waals surface area contributed by atoms with Crippen molar-refractivity contribution in [2.45, 2.75) is 12.5 Å². The van der Waals surface area contributed by atoms with Crippen LogP contribution in [0.5, 0.6) is 0 Å². The fraction of sp³-hybridized carbons (Fsp3) is 0.182. The van der Waals surface area contributed by atoms with Crippen molar-refractivity contribution in [1.82, 2.24) is 4.98 Å². The van der Waals surface area contributed by atoms with E-state index in [9.17, 15) is 5.11 Å². The van der Waals surface area contributed by atoms with Gasteiger partial charge in [-0.1, -0.05) is 23.2 Å². The van der Waals surface area contributed by atoms with Gasteiger partial charge in [-0.3, -0.25) is 4.98 Å². The van der Waals surface area contributed by atoms with Gasteiger partial charge in [-0.15, -0.1) is 11.3 Å². The first-order chi connectivity index (χ1) is 7.65. The van der Waals surface area contributed by atoms with Crippen LogP contribution in [-0.2, 0) is 6.42 Å². The number of rotatable bonds is 3. The Balaban J connectivity index is 2.08. The molecule has 0 bridgehead atoms. The molecule has 2 nitrogen and oxygen atoms in total. The molecule has 0 aliphatic carbocycles. The van der Waals surface area contributed by atoms with Crippen molar-refractivity contribution in [1.29, 1.82) is 0 Å². The average molecular weight is 274 g/mol. The van der Waals surface area contributed by atoms with E-state index in [1.165, 1.54) is 17.5 Å². The summed E-state index contributed by atoms with van der Waals surface area (Å²) in [7, 11) is 0. The molecule has 0 saturated carbocycles. The predicted octanol–water partition coefficient (Wildman–Crippen LogP) is 3.73. The molecule has 2 heterocycles. The van der Waals surface area contributed by atoms with Crippen LogP contribution in [0.3, 0.4) is 0 Å². The average Bonchev–Trinajstić information content (AvgIpc) is 2.65. The number of nitrogens with zero attached hydrogens (tertiary/aromatic N) is 1. The molecule has 0 radical (unpaired) electrons. The summed E-state index contributed by atoms with van der Waals surface area (Å²) in [6, 6.07) is 7.17. The predicted molar refractivity (Wildman–Crippen MR) is 67.2 cm³/mol. The second-order valence-electron chi connectivity index (χ2n) is 3.33. The van der Waals surface area contributed by atoms with Crippen molar-refractivity contribution >= 4 is 34.5 Å². The van der Waals surface area contributed by atoms with Crippen LogP contribution in [-0.4, -0.2) is 10.1 Å². The summed E-state index contributed by atoms with van der Waals surface area (Å²) in [6.07, 6.45) is 1.43. The molecule has 0 aliphatic heterocycles. The summed E-state index contributed by atoms with van der Waals surface area (Å²) in [4.78, 5) is 5.11. The highest BCUT2D eigenvalue weighted by Gasteiger charge is 2.11. The Labute approximate surface area is 107 Å². The van der Waals surface area contributed by atoms with Gasteiger partial charge in [0, 0.05) is 17.5 Å². The maximum absolute atomic E-state index is 9.93. The van der Waals surface area contributed by atoms with E-state index in [2.05, 4.69) is 4.98 Å². The largest absolute Gasteiger partial charge is 0.386 e. The van der Waals surface area contributed by atoms with Crippen molar-refractivity contribution in [3.63, 3.8) is 0 Å². The molecular formula is C11H9Cl2NOS. The summed E-state index contributed by atoms with van der Waals surface area (Å²) in [6.45, 7) is 0. The number of thiophene rings is 1. The summed E-state index contributed by atoms with van der Waals surface area (Å²) in [5.41, 5.74) is 0.619. The lowest BCUT2D eigenvalue weighted by Gasteiger charge is -2.08. The van der Waals surface area contributed by atoms with Gasteiger partial charge >= 0.3 is 0 Å². The van der Waals surface area contributed by atoms with Gasteiger partial charge in [0.15, 0.2) is 0 Å². The van der Waals surface area contributed by atoms with Crippen LogP contribution in [0.2, 0.25) is 9.36 Å². The summed E-state index contributed by atoms with van der Waals surface area (Å²) in [5.74, 6) is 0. The number of halogens is 2. The number of aromatic nitrogens is 1. The summed E-state index contributed by atoms with van der Waals surface area (Å²) < 4.78 is 0.728. The minimum absolute atomic E-state index is 0.520. The Morgan fingerprint density at radius 3 is 2.62 bits per heavy atom. The Hall–Kier alpha value is -0.610. The summed E-state index contributed by atoms with van der Waals surface area (Å²) in [5, 5.41) is 10.5. The minimum atomic E-state index is -0.619. The Morgan fingerprint density at radius 1 is 1.25 bits per heavy atom. The first kappa shape index (κ1) is 11.9. The molecule has 0 saturated heterocycles. The zero-order chi connectivity index (χ0) is 11.5. The topological polar surface area (TPSA) is 33.1 Å². The Kier molecular flexibility index (Phi) is 3.82. The fourth-order valence-electron chi connectivity index (χ4n) is 1.34. The van der Waals surface area contributed by atoms with Gasteiger partial charge in [-0.05, 0) is 24.3 Å². The zero-order valence-electron chi connectivity index (χ0n) is 8.23. The highest BCUT2D eigenvalue weighted by molar-refractivity contribution is 7.16. The van der Waals surface area contributed by atoms with Crippen LogP contribution in [0.15, 0.2) is 30.5 Å². The number of aliphatic hydroxyl groups excluding tert-OH is 1. The molecule has 2 aromatic heterocycles. The second kappa shape index (κ2) is 5.15. The van der Waals surface area contributed by atoms with Gasteiger partial charge in [0.1, 0.15) is 6.10 Å². The molecule has 0 amide bonds. The third kappa shape index (κ3) is 2.95. The fourth-order valence-corrected chi connectivity index (χ4v) is 2.58. The van der Waals surface area contributed by atoms with E-state index in [-0.39, 0.29) is 0 Å². The van der Waals surface area contributed by atoms with Gasteiger partial charge in [0.25, 0.3) is 0 Å². The molecule has 1 atom stereocenters. The van der Waals surface area contributed by atoms with Crippen molar-refractivity contribution in [3.8, 4) is 0 Å². The molecule has 0 fully saturated rings. The van der Waals surface area contributed by atoms with Gasteiger partial charge < -0.3 is 5.11 Å². The molecule has 2 aromatic rings. The van der Waals surface area contributed by atoms with E-state index in [4.69, 9.17) is 23.2 Å². The lowest BCUT2D eigenvalue weighted by atomic mass is 10.1. The van der Waals surface area contributed by atoms with Gasteiger partial charge in [0.05, 0.1) is 15.1 Å². The molecule has 0 spiro atoms.